The van der Waals surface area contributed by atoms with Crippen LogP contribution in [-0.4, -0.2) is 17.0 Å². The van der Waals surface area contributed by atoms with Gasteiger partial charge in [-0.2, -0.15) is 0 Å². The largest absolute Gasteiger partial charge is 0.368 e. The molecule has 0 rings (SSSR count). The third kappa shape index (κ3) is 5.56. The molecule has 0 bridgehead atoms. The van der Waals surface area contributed by atoms with Crippen LogP contribution in [0, 0.1) is 5.92 Å². The van der Waals surface area contributed by atoms with Crippen molar-refractivity contribution >= 4 is 0 Å². The summed E-state index contributed by atoms with van der Waals surface area (Å²) in [6.07, 6.45) is 1.49. The van der Waals surface area contributed by atoms with E-state index in [1.165, 1.54) is 0 Å². The zero-order valence-electron chi connectivity index (χ0n) is 8.92. The Morgan fingerprint density at radius 1 is 1.33 bits per heavy atom. The molecule has 1 N–H and O–H groups in total. The van der Waals surface area contributed by atoms with Crippen LogP contribution in [-0.2, 0) is 4.74 Å². The first-order chi connectivity index (χ1) is 5.37. The van der Waals surface area contributed by atoms with Crippen LogP contribution in [0.1, 0.15) is 47.5 Å². The minimum Gasteiger partial charge on any atom is -0.368 e. The van der Waals surface area contributed by atoms with Gasteiger partial charge in [-0.05, 0) is 33.1 Å². The van der Waals surface area contributed by atoms with Gasteiger partial charge >= 0.3 is 0 Å². The predicted octanol–water partition coefficient (Wildman–Crippen LogP) is 2.56. The van der Waals surface area contributed by atoms with E-state index in [4.69, 9.17) is 9.84 Å². The average Bonchev–Trinajstić information content (AvgIpc) is 1.83. The zero-order chi connectivity index (χ0) is 9.78. The summed E-state index contributed by atoms with van der Waals surface area (Å²) in [5.41, 5.74) is -0.205. The van der Waals surface area contributed by atoms with Gasteiger partial charge in [-0.3, -0.25) is 0 Å². The lowest BCUT2D eigenvalue weighted by Crippen LogP contribution is -2.31. The van der Waals surface area contributed by atoms with E-state index in [1.54, 1.807) is 6.92 Å². The Hall–Kier alpha value is -0.0800. The number of aliphatic hydroxyl groups is 1. The normalized spacial score (nSPS) is 17.5. The summed E-state index contributed by atoms with van der Waals surface area (Å²) in [4.78, 5) is 0. The lowest BCUT2D eigenvalue weighted by Gasteiger charge is -2.29. The highest BCUT2D eigenvalue weighted by atomic mass is 16.6. The van der Waals surface area contributed by atoms with Crippen molar-refractivity contribution in [2.24, 2.45) is 5.92 Å². The number of aliphatic hydroxyl groups excluding tert-OH is 1. The van der Waals surface area contributed by atoms with Gasteiger partial charge in [-0.1, -0.05) is 20.3 Å². The van der Waals surface area contributed by atoms with Crippen LogP contribution in [0.2, 0.25) is 0 Å². The molecule has 0 amide bonds. The minimum atomic E-state index is -0.663. The Morgan fingerprint density at radius 2 is 1.83 bits per heavy atom. The molecule has 74 valence electrons. The van der Waals surface area contributed by atoms with Gasteiger partial charge in [-0.25, -0.2) is 0 Å². The summed E-state index contributed by atoms with van der Waals surface area (Å²) >= 11 is 0. The maximum atomic E-state index is 9.05. The molecule has 2 unspecified atom stereocenters. The lowest BCUT2D eigenvalue weighted by molar-refractivity contribution is -0.168. The third-order valence-electron chi connectivity index (χ3n) is 2.03. The van der Waals surface area contributed by atoms with E-state index in [1.807, 2.05) is 13.8 Å². The van der Waals surface area contributed by atoms with E-state index in [0.29, 0.717) is 5.92 Å². The van der Waals surface area contributed by atoms with Crippen molar-refractivity contribution in [3.05, 3.63) is 0 Å². The van der Waals surface area contributed by atoms with Gasteiger partial charge in [-0.15, -0.1) is 0 Å². The van der Waals surface area contributed by atoms with Crippen LogP contribution in [0.15, 0.2) is 0 Å². The fraction of sp³-hybridized carbons (Fsp3) is 1.00. The van der Waals surface area contributed by atoms with Gasteiger partial charge in [0.15, 0.2) is 6.29 Å². The SMILES string of the molecule is CCC(C)CC(C)(C)OC(C)O. The molecule has 12 heavy (non-hydrogen) atoms. The minimum absolute atomic E-state index is 0.205. The van der Waals surface area contributed by atoms with E-state index in [0.717, 1.165) is 12.8 Å². The fourth-order valence-electron chi connectivity index (χ4n) is 1.49. The number of hydrogen-bond donors (Lipinski definition) is 1. The Labute approximate surface area is 75.9 Å². The summed E-state index contributed by atoms with van der Waals surface area (Å²) in [5, 5.41) is 9.05. The summed E-state index contributed by atoms with van der Waals surface area (Å²) in [7, 11) is 0. The highest BCUT2D eigenvalue weighted by Crippen LogP contribution is 2.23. The number of ether oxygens (including phenoxy) is 1. The Morgan fingerprint density at radius 3 is 2.17 bits per heavy atom. The van der Waals surface area contributed by atoms with Crippen molar-refractivity contribution < 1.29 is 9.84 Å². The smallest absolute Gasteiger partial charge is 0.152 e. The quantitative estimate of drug-likeness (QED) is 0.649. The molecule has 0 spiro atoms. The van der Waals surface area contributed by atoms with Crippen LogP contribution < -0.4 is 0 Å². The van der Waals surface area contributed by atoms with E-state index < -0.39 is 6.29 Å². The summed E-state index contributed by atoms with van der Waals surface area (Å²) in [5.74, 6) is 0.652. The monoisotopic (exact) mass is 174 g/mol. The molecule has 2 atom stereocenters. The van der Waals surface area contributed by atoms with Crippen LogP contribution in [0.3, 0.4) is 0 Å². The van der Waals surface area contributed by atoms with Crippen LogP contribution in [0.5, 0.6) is 0 Å². The van der Waals surface area contributed by atoms with Gasteiger partial charge < -0.3 is 9.84 Å². The van der Waals surface area contributed by atoms with Crippen LogP contribution in [0.25, 0.3) is 0 Å². The van der Waals surface area contributed by atoms with Crippen molar-refractivity contribution in [2.75, 3.05) is 0 Å². The Kier molecular flexibility index (Phi) is 4.80. The molecule has 0 saturated heterocycles. The van der Waals surface area contributed by atoms with Gasteiger partial charge in [0.2, 0.25) is 0 Å². The number of rotatable bonds is 5. The second-order valence-corrected chi connectivity index (χ2v) is 4.19. The second-order valence-electron chi connectivity index (χ2n) is 4.19. The van der Waals surface area contributed by atoms with Crippen molar-refractivity contribution in [1.82, 2.24) is 0 Å². The maximum absolute atomic E-state index is 9.05. The lowest BCUT2D eigenvalue weighted by atomic mass is 9.93. The van der Waals surface area contributed by atoms with Crippen LogP contribution in [0.4, 0.5) is 0 Å². The first-order valence-electron chi connectivity index (χ1n) is 4.73. The van der Waals surface area contributed by atoms with Gasteiger partial charge in [0.25, 0.3) is 0 Å². The molecule has 0 fully saturated rings. The highest BCUT2D eigenvalue weighted by molar-refractivity contribution is 4.71. The van der Waals surface area contributed by atoms with Gasteiger partial charge in [0.05, 0.1) is 5.60 Å². The molecule has 0 radical (unpaired) electrons. The molecule has 2 nitrogen and oxygen atoms in total. The van der Waals surface area contributed by atoms with Crippen molar-refractivity contribution in [1.29, 1.82) is 0 Å². The first-order valence-corrected chi connectivity index (χ1v) is 4.73. The maximum Gasteiger partial charge on any atom is 0.152 e. The zero-order valence-corrected chi connectivity index (χ0v) is 8.92. The molecule has 0 aliphatic rings. The van der Waals surface area contributed by atoms with E-state index in [-0.39, 0.29) is 5.60 Å². The third-order valence-corrected chi connectivity index (χ3v) is 2.03. The average molecular weight is 174 g/mol. The molecule has 0 saturated carbocycles. The molecule has 2 heteroatoms. The van der Waals surface area contributed by atoms with Crippen molar-refractivity contribution in [3.8, 4) is 0 Å². The molecular weight excluding hydrogens is 152 g/mol. The summed E-state index contributed by atoms with van der Waals surface area (Å²) in [6, 6.07) is 0. The summed E-state index contributed by atoms with van der Waals surface area (Å²) < 4.78 is 5.37. The molecule has 0 aromatic carbocycles. The van der Waals surface area contributed by atoms with E-state index in [9.17, 15) is 0 Å². The summed E-state index contributed by atoms with van der Waals surface area (Å²) in [6.45, 7) is 10.1. The van der Waals surface area contributed by atoms with Gasteiger partial charge in [0.1, 0.15) is 0 Å². The van der Waals surface area contributed by atoms with Gasteiger partial charge in [0, 0.05) is 0 Å². The predicted molar refractivity (Wildman–Crippen MR) is 50.9 cm³/mol. The molecule has 0 aromatic heterocycles. The van der Waals surface area contributed by atoms with E-state index in [2.05, 4.69) is 13.8 Å². The standard InChI is InChI=1S/C10H22O2/c1-6-8(2)7-10(4,5)12-9(3)11/h8-9,11H,6-7H2,1-5H3. The Bertz CT molecular complexity index is 119. The van der Waals surface area contributed by atoms with E-state index >= 15 is 0 Å². The molecule has 0 aliphatic carbocycles. The molecule has 0 aromatic rings. The highest BCUT2D eigenvalue weighted by Gasteiger charge is 2.22. The Balaban J connectivity index is 3.85. The molecule has 0 aliphatic heterocycles. The van der Waals surface area contributed by atoms with Crippen molar-refractivity contribution in [2.45, 2.75) is 59.4 Å². The van der Waals surface area contributed by atoms with Crippen molar-refractivity contribution in [3.63, 3.8) is 0 Å². The topological polar surface area (TPSA) is 29.5 Å². The number of hydrogen-bond acceptors (Lipinski definition) is 2. The second kappa shape index (κ2) is 4.83. The van der Waals surface area contributed by atoms with Crippen LogP contribution >= 0.6 is 0 Å². The fourth-order valence-corrected chi connectivity index (χ4v) is 1.49. The molecular formula is C10H22O2. The first kappa shape index (κ1) is 11.9. The molecule has 0 heterocycles.